The van der Waals surface area contributed by atoms with Crippen molar-refractivity contribution in [1.29, 1.82) is 0 Å². The minimum absolute atomic E-state index is 0.107. The number of ether oxygens (including phenoxy) is 1. The molecule has 1 heterocycles. The predicted molar refractivity (Wildman–Crippen MR) is 51.7 cm³/mol. The van der Waals surface area contributed by atoms with Gasteiger partial charge in [0.05, 0.1) is 12.1 Å². The third-order valence-corrected chi connectivity index (χ3v) is 2.08. The Bertz CT molecular complexity index is 365. The second-order valence-corrected chi connectivity index (χ2v) is 3.10. The van der Waals surface area contributed by atoms with E-state index in [0.29, 0.717) is 24.6 Å². The summed E-state index contributed by atoms with van der Waals surface area (Å²) in [6, 6.07) is 6.42. The van der Waals surface area contributed by atoms with Crippen molar-refractivity contribution in [2.45, 2.75) is 6.10 Å². The first-order valence-corrected chi connectivity index (χ1v) is 4.47. The number of nitrogens with two attached hydrogens (primary N) is 1. The van der Waals surface area contributed by atoms with Gasteiger partial charge in [0.1, 0.15) is 11.9 Å². The summed E-state index contributed by atoms with van der Waals surface area (Å²) in [4.78, 5) is 4.09. The highest BCUT2D eigenvalue weighted by Crippen LogP contribution is 2.14. The zero-order chi connectivity index (χ0) is 9.97. The molecule has 0 aliphatic carbocycles. The van der Waals surface area contributed by atoms with Crippen molar-refractivity contribution < 1.29 is 9.13 Å². The second-order valence-electron chi connectivity index (χ2n) is 3.10. The summed E-state index contributed by atoms with van der Waals surface area (Å²) in [6.45, 7) is 0.918. The van der Waals surface area contributed by atoms with Gasteiger partial charge in [0, 0.05) is 6.54 Å². The molecule has 2 rings (SSSR count). The molecule has 0 amide bonds. The van der Waals surface area contributed by atoms with Gasteiger partial charge >= 0.3 is 0 Å². The fourth-order valence-electron chi connectivity index (χ4n) is 1.32. The molecule has 0 fully saturated rings. The molecule has 1 aromatic rings. The molecule has 0 saturated carbocycles. The topological polar surface area (TPSA) is 47.6 Å². The second kappa shape index (κ2) is 3.75. The molecule has 0 saturated heterocycles. The monoisotopic (exact) mass is 194 g/mol. The summed E-state index contributed by atoms with van der Waals surface area (Å²) in [5.74, 6) is 0.0440. The average Bonchev–Trinajstić information content (AvgIpc) is 2.67. The van der Waals surface area contributed by atoms with Gasteiger partial charge in [0.25, 0.3) is 0 Å². The maximum Gasteiger partial charge on any atom is 0.219 e. The number of halogens is 1. The van der Waals surface area contributed by atoms with Crippen molar-refractivity contribution in [3.63, 3.8) is 0 Å². The first-order valence-electron chi connectivity index (χ1n) is 4.47. The molecule has 0 aromatic heterocycles. The van der Waals surface area contributed by atoms with Gasteiger partial charge in [-0.05, 0) is 12.1 Å². The zero-order valence-electron chi connectivity index (χ0n) is 7.61. The summed E-state index contributed by atoms with van der Waals surface area (Å²) in [5, 5.41) is 0. The Morgan fingerprint density at radius 2 is 2.29 bits per heavy atom. The SMILES string of the molecule is NCC1CN=C(c2ccccc2F)O1. The van der Waals surface area contributed by atoms with Crippen LogP contribution in [0, 0.1) is 5.82 Å². The Morgan fingerprint density at radius 3 is 2.93 bits per heavy atom. The van der Waals surface area contributed by atoms with Gasteiger partial charge in [-0.25, -0.2) is 9.38 Å². The summed E-state index contributed by atoms with van der Waals surface area (Å²) in [6.07, 6.45) is -0.107. The maximum atomic E-state index is 13.3. The van der Waals surface area contributed by atoms with Crippen LogP contribution in [-0.2, 0) is 4.74 Å². The predicted octanol–water partition coefficient (Wildman–Crippen LogP) is 0.930. The molecular weight excluding hydrogens is 183 g/mol. The number of hydrogen-bond donors (Lipinski definition) is 1. The lowest BCUT2D eigenvalue weighted by Gasteiger charge is -2.08. The highest BCUT2D eigenvalue weighted by Gasteiger charge is 2.21. The van der Waals surface area contributed by atoms with Gasteiger partial charge in [-0.15, -0.1) is 0 Å². The molecule has 0 radical (unpaired) electrons. The highest BCUT2D eigenvalue weighted by molar-refractivity contribution is 5.95. The van der Waals surface area contributed by atoms with Crippen LogP contribution in [0.2, 0.25) is 0 Å². The molecule has 14 heavy (non-hydrogen) atoms. The van der Waals surface area contributed by atoms with Crippen LogP contribution in [0.3, 0.4) is 0 Å². The highest BCUT2D eigenvalue weighted by atomic mass is 19.1. The molecule has 2 N–H and O–H groups in total. The van der Waals surface area contributed by atoms with Gasteiger partial charge in [-0.1, -0.05) is 12.1 Å². The van der Waals surface area contributed by atoms with E-state index in [1.807, 2.05) is 0 Å². The van der Waals surface area contributed by atoms with Crippen LogP contribution in [0.5, 0.6) is 0 Å². The number of hydrogen-bond acceptors (Lipinski definition) is 3. The van der Waals surface area contributed by atoms with Crippen molar-refractivity contribution in [2.24, 2.45) is 10.7 Å². The molecule has 0 bridgehead atoms. The Kier molecular flexibility index (Phi) is 2.45. The first-order chi connectivity index (χ1) is 6.81. The van der Waals surface area contributed by atoms with E-state index in [-0.39, 0.29) is 11.9 Å². The van der Waals surface area contributed by atoms with Crippen molar-refractivity contribution in [3.8, 4) is 0 Å². The molecule has 1 aliphatic heterocycles. The fourth-order valence-corrected chi connectivity index (χ4v) is 1.32. The van der Waals surface area contributed by atoms with E-state index in [4.69, 9.17) is 10.5 Å². The fraction of sp³-hybridized carbons (Fsp3) is 0.300. The van der Waals surface area contributed by atoms with Gasteiger partial charge in [-0.3, -0.25) is 0 Å². The quantitative estimate of drug-likeness (QED) is 0.761. The van der Waals surface area contributed by atoms with E-state index in [1.165, 1.54) is 6.07 Å². The van der Waals surface area contributed by atoms with Crippen LogP contribution in [0.4, 0.5) is 4.39 Å². The molecule has 74 valence electrons. The van der Waals surface area contributed by atoms with Gasteiger partial charge in [0.15, 0.2) is 0 Å². The number of nitrogens with zero attached hydrogens (tertiary/aromatic N) is 1. The van der Waals surface area contributed by atoms with Crippen LogP contribution in [0.15, 0.2) is 29.3 Å². The summed E-state index contributed by atoms with van der Waals surface area (Å²) < 4.78 is 18.6. The Morgan fingerprint density at radius 1 is 1.50 bits per heavy atom. The van der Waals surface area contributed by atoms with Gasteiger partial charge < -0.3 is 10.5 Å². The van der Waals surface area contributed by atoms with E-state index in [1.54, 1.807) is 18.2 Å². The minimum atomic E-state index is -0.316. The molecule has 1 atom stereocenters. The third-order valence-electron chi connectivity index (χ3n) is 2.08. The largest absolute Gasteiger partial charge is 0.471 e. The summed E-state index contributed by atoms with van der Waals surface area (Å²) in [7, 11) is 0. The average molecular weight is 194 g/mol. The number of aliphatic imine (C=N–C) groups is 1. The molecular formula is C10H11FN2O. The van der Waals surface area contributed by atoms with E-state index in [9.17, 15) is 4.39 Å². The van der Waals surface area contributed by atoms with E-state index in [2.05, 4.69) is 4.99 Å². The molecule has 3 nitrogen and oxygen atoms in total. The maximum absolute atomic E-state index is 13.3. The molecule has 1 aromatic carbocycles. The van der Waals surface area contributed by atoms with Crippen molar-refractivity contribution in [2.75, 3.05) is 13.1 Å². The standard InChI is InChI=1S/C10H11FN2O/c11-9-4-2-1-3-8(9)10-13-6-7(5-12)14-10/h1-4,7H,5-6,12H2. The van der Waals surface area contributed by atoms with E-state index < -0.39 is 0 Å². The van der Waals surface area contributed by atoms with Gasteiger partial charge in [-0.2, -0.15) is 0 Å². The number of benzene rings is 1. The lowest BCUT2D eigenvalue weighted by atomic mass is 10.2. The molecule has 1 aliphatic rings. The van der Waals surface area contributed by atoms with Crippen molar-refractivity contribution in [3.05, 3.63) is 35.6 Å². The summed E-state index contributed by atoms with van der Waals surface area (Å²) >= 11 is 0. The van der Waals surface area contributed by atoms with Crippen molar-refractivity contribution in [1.82, 2.24) is 0 Å². The summed E-state index contributed by atoms with van der Waals surface area (Å²) in [5.41, 5.74) is 5.83. The third kappa shape index (κ3) is 1.61. The zero-order valence-corrected chi connectivity index (χ0v) is 7.61. The Labute approximate surface area is 81.4 Å². The van der Waals surface area contributed by atoms with Crippen LogP contribution < -0.4 is 5.73 Å². The lowest BCUT2D eigenvalue weighted by molar-refractivity contribution is 0.232. The van der Waals surface area contributed by atoms with Crippen LogP contribution in [0.25, 0.3) is 0 Å². The van der Waals surface area contributed by atoms with Crippen LogP contribution in [-0.4, -0.2) is 25.1 Å². The van der Waals surface area contributed by atoms with Crippen LogP contribution >= 0.6 is 0 Å². The normalized spacial score (nSPS) is 20.4. The first kappa shape index (κ1) is 9.15. The minimum Gasteiger partial charge on any atom is -0.471 e. The Balaban J connectivity index is 2.22. The molecule has 4 heteroatoms. The smallest absolute Gasteiger partial charge is 0.219 e. The van der Waals surface area contributed by atoms with Crippen LogP contribution in [0.1, 0.15) is 5.56 Å². The lowest BCUT2D eigenvalue weighted by Crippen LogP contribution is -2.24. The number of rotatable bonds is 2. The Hall–Kier alpha value is -1.42. The van der Waals surface area contributed by atoms with E-state index >= 15 is 0 Å². The van der Waals surface area contributed by atoms with E-state index in [0.717, 1.165) is 0 Å². The molecule has 0 spiro atoms. The molecule has 1 unspecified atom stereocenters. The van der Waals surface area contributed by atoms with Gasteiger partial charge in [0.2, 0.25) is 5.90 Å². The van der Waals surface area contributed by atoms with Crippen molar-refractivity contribution >= 4 is 5.90 Å².